The van der Waals surface area contributed by atoms with Crippen molar-refractivity contribution >= 4 is 5.91 Å². The number of fused-ring (bicyclic) bond motifs is 1. The molecule has 0 aromatic heterocycles. The molecule has 0 fully saturated rings. The summed E-state index contributed by atoms with van der Waals surface area (Å²) in [5, 5.41) is 0. The first-order valence-corrected chi connectivity index (χ1v) is 5.55. The van der Waals surface area contributed by atoms with Crippen LogP contribution < -0.4 is 20.3 Å². The number of carbonyl (C=O) groups excluding carboxylic acids is 1. The summed E-state index contributed by atoms with van der Waals surface area (Å²) >= 11 is 0. The van der Waals surface area contributed by atoms with Crippen LogP contribution in [0.3, 0.4) is 0 Å². The summed E-state index contributed by atoms with van der Waals surface area (Å²) < 4.78 is 11.0. The van der Waals surface area contributed by atoms with Crippen LogP contribution in [0.2, 0.25) is 0 Å². The van der Waals surface area contributed by atoms with Crippen molar-refractivity contribution in [2.24, 2.45) is 0 Å². The van der Waals surface area contributed by atoms with Gasteiger partial charge in [0.2, 0.25) is 5.91 Å². The fraction of sp³-hybridized carbons (Fsp3) is 0.417. The Labute approximate surface area is 100 Å². The van der Waals surface area contributed by atoms with E-state index >= 15 is 0 Å². The van der Waals surface area contributed by atoms with Crippen molar-refractivity contribution in [3.05, 3.63) is 23.3 Å². The van der Waals surface area contributed by atoms with Crippen molar-refractivity contribution in [1.29, 1.82) is 0 Å². The molecule has 0 aliphatic carbocycles. The van der Waals surface area contributed by atoms with Crippen LogP contribution in [0.1, 0.15) is 11.1 Å². The van der Waals surface area contributed by atoms with E-state index < -0.39 is 0 Å². The van der Waals surface area contributed by atoms with E-state index in [4.69, 9.17) is 9.47 Å². The molecule has 1 aromatic rings. The van der Waals surface area contributed by atoms with Crippen LogP contribution in [-0.2, 0) is 11.2 Å². The molecule has 2 rings (SSSR count). The summed E-state index contributed by atoms with van der Waals surface area (Å²) in [6.07, 6.45) is 0.323. The normalized spacial score (nSPS) is 13.3. The summed E-state index contributed by atoms with van der Waals surface area (Å²) in [7, 11) is 1.66. The van der Waals surface area contributed by atoms with Gasteiger partial charge in [0.1, 0.15) is 13.2 Å². The van der Waals surface area contributed by atoms with Crippen molar-refractivity contribution in [3.63, 3.8) is 0 Å². The van der Waals surface area contributed by atoms with Gasteiger partial charge in [0, 0.05) is 7.05 Å². The number of ether oxygens (including phenoxy) is 2. The van der Waals surface area contributed by atoms with Gasteiger partial charge in [-0.2, -0.15) is 0 Å². The maximum atomic E-state index is 11.5. The lowest BCUT2D eigenvalue weighted by atomic mass is 10.0. The van der Waals surface area contributed by atoms with Crippen molar-refractivity contribution in [2.45, 2.75) is 13.3 Å². The van der Waals surface area contributed by atoms with Crippen molar-refractivity contribution in [1.82, 2.24) is 10.9 Å². The highest BCUT2D eigenvalue weighted by Crippen LogP contribution is 2.33. The third-order valence-electron chi connectivity index (χ3n) is 2.62. The zero-order valence-electron chi connectivity index (χ0n) is 10.0. The topological polar surface area (TPSA) is 59.6 Å². The van der Waals surface area contributed by atoms with Gasteiger partial charge in [-0.1, -0.05) is 0 Å². The van der Waals surface area contributed by atoms with Crippen LogP contribution in [0, 0.1) is 6.92 Å². The number of amides is 1. The lowest BCUT2D eigenvalue weighted by Crippen LogP contribution is -2.35. The van der Waals surface area contributed by atoms with Crippen molar-refractivity contribution in [2.75, 3.05) is 20.3 Å². The molecule has 5 nitrogen and oxygen atoms in total. The van der Waals surface area contributed by atoms with Gasteiger partial charge in [-0.25, -0.2) is 5.43 Å². The highest BCUT2D eigenvalue weighted by Gasteiger charge is 2.15. The maximum Gasteiger partial charge on any atom is 0.238 e. The molecule has 0 atom stereocenters. The van der Waals surface area contributed by atoms with Gasteiger partial charge in [0.15, 0.2) is 11.5 Å². The highest BCUT2D eigenvalue weighted by atomic mass is 16.6. The molecule has 1 aromatic carbocycles. The molecule has 0 saturated heterocycles. The van der Waals surface area contributed by atoms with E-state index in [0.717, 1.165) is 16.9 Å². The van der Waals surface area contributed by atoms with E-state index in [1.807, 2.05) is 19.1 Å². The first kappa shape index (κ1) is 11.7. The third kappa shape index (κ3) is 2.68. The Bertz CT molecular complexity index is 432. The van der Waals surface area contributed by atoms with Gasteiger partial charge in [-0.15, -0.1) is 0 Å². The Kier molecular flexibility index (Phi) is 3.49. The number of rotatable bonds is 3. The summed E-state index contributed by atoms with van der Waals surface area (Å²) in [5.41, 5.74) is 7.13. The van der Waals surface area contributed by atoms with E-state index in [0.29, 0.717) is 25.4 Å². The highest BCUT2D eigenvalue weighted by molar-refractivity contribution is 5.78. The molecule has 0 saturated carbocycles. The van der Waals surface area contributed by atoms with Gasteiger partial charge < -0.3 is 9.47 Å². The number of hydrogen-bond acceptors (Lipinski definition) is 4. The maximum absolute atomic E-state index is 11.5. The van der Waals surface area contributed by atoms with Crippen LogP contribution in [0.15, 0.2) is 12.1 Å². The van der Waals surface area contributed by atoms with Crippen molar-refractivity contribution in [3.8, 4) is 11.5 Å². The molecule has 5 heteroatoms. The van der Waals surface area contributed by atoms with Gasteiger partial charge in [-0.05, 0) is 30.2 Å². The largest absolute Gasteiger partial charge is 0.486 e. The fourth-order valence-corrected chi connectivity index (χ4v) is 1.78. The quantitative estimate of drug-likeness (QED) is 0.753. The lowest BCUT2D eigenvalue weighted by molar-refractivity contribution is -0.121. The monoisotopic (exact) mass is 236 g/mol. The number of aryl methyl sites for hydroxylation is 1. The zero-order valence-corrected chi connectivity index (χ0v) is 10.0. The Hall–Kier alpha value is -1.75. The van der Waals surface area contributed by atoms with Crippen LogP contribution in [0.5, 0.6) is 11.5 Å². The van der Waals surface area contributed by atoms with E-state index in [1.54, 1.807) is 7.05 Å². The zero-order chi connectivity index (χ0) is 12.3. The Balaban J connectivity index is 2.19. The van der Waals surface area contributed by atoms with Crippen LogP contribution in [0.4, 0.5) is 0 Å². The summed E-state index contributed by atoms with van der Waals surface area (Å²) in [4.78, 5) is 11.5. The molecule has 0 bridgehead atoms. The molecular weight excluding hydrogens is 220 g/mol. The van der Waals surface area contributed by atoms with Gasteiger partial charge >= 0.3 is 0 Å². The average Bonchev–Trinajstić information content (AvgIpc) is 2.30. The Morgan fingerprint density at radius 3 is 2.59 bits per heavy atom. The molecule has 1 heterocycles. The molecule has 1 amide bonds. The minimum absolute atomic E-state index is 0.0766. The second-order valence-corrected chi connectivity index (χ2v) is 3.90. The first-order valence-electron chi connectivity index (χ1n) is 5.55. The molecule has 2 N–H and O–H groups in total. The smallest absolute Gasteiger partial charge is 0.238 e. The molecule has 1 aliphatic heterocycles. The molecule has 17 heavy (non-hydrogen) atoms. The number of hydrazine groups is 1. The van der Waals surface area contributed by atoms with Crippen molar-refractivity contribution < 1.29 is 14.3 Å². The van der Waals surface area contributed by atoms with E-state index in [2.05, 4.69) is 10.9 Å². The number of carbonyl (C=O) groups is 1. The predicted molar refractivity (Wildman–Crippen MR) is 63.1 cm³/mol. The lowest BCUT2D eigenvalue weighted by Gasteiger charge is -2.20. The Morgan fingerprint density at radius 2 is 1.94 bits per heavy atom. The van der Waals surface area contributed by atoms with E-state index in [1.165, 1.54) is 0 Å². The third-order valence-corrected chi connectivity index (χ3v) is 2.62. The van der Waals surface area contributed by atoms with Gasteiger partial charge in [-0.3, -0.25) is 10.2 Å². The number of benzene rings is 1. The molecular formula is C12H16N2O3. The summed E-state index contributed by atoms with van der Waals surface area (Å²) in [5.74, 6) is 1.40. The molecule has 0 spiro atoms. The second-order valence-electron chi connectivity index (χ2n) is 3.90. The minimum Gasteiger partial charge on any atom is -0.486 e. The molecule has 92 valence electrons. The molecule has 0 unspecified atom stereocenters. The van der Waals surface area contributed by atoms with Crippen LogP contribution in [-0.4, -0.2) is 26.2 Å². The van der Waals surface area contributed by atoms with Crippen LogP contribution >= 0.6 is 0 Å². The van der Waals surface area contributed by atoms with E-state index in [-0.39, 0.29) is 5.91 Å². The fourth-order valence-electron chi connectivity index (χ4n) is 1.78. The summed E-state index contributed by atoms with van der Waals surface area (Å²) in [6.45, 7) is 3.09. The number of nitrogens with one attached hydrogen (secondary N) is 2. The average molecular weight is 236 g/mol. The Morgan fingerprint density at radius 1 is 1.29 bits per heavy atom. The molecule has 1 aliphatic rings. The second kappa shape index (κ2) is 5.05. The summed E-state index contributed by atoms with van der Waals surface area (Å²) in [6, 6.07) is 3.79. The predicted octanol–water partition coefficient (Wildman–Crippen LogP) is 0.559. The van der Waals surface area contributed by atoms with Crippen LogP contribution in [0.25, 0.3) is 0 Å². The number of hydrogen-bond donors (Lipinski definition) is 2. The standard InChI is InChI=1S/C12H16N2O3/c1-8-5-10-11(17-4-3-16-10)6-9(8)7-12(15)14-13-2/h5-6,13H,3-4,7H2,1-2H3,(H,14,15). The molecule has 0 radical (unpaired) electrons. The minimum atomic E-state index is -0.0766. The van der Waals surface area contributed by atoms with Gasteiger partial charge in [0.05, 0.1) is 6.42 Å². The van der Waals surface area contributed by atoms with E-state index in [9.17, 15) is 4.79 Å². The first-order chi connectivity index (χ1) is 8.20. The SMILES string of the molecule is CNNC(=O)Cc1cc2c(cc1C)OCCO2. The van der Waals surface area contributed by atoms with Gasteiger partial charge in [0.25, 0.3) is 0 Å².